The molecule has 11 heavy (non-hydrogen) atoms. The van der Waals surface area contributed by atoms with Crippen LogP contribution < -0.4 is 11.5 Å². The number of nitrogens with two attached hydrogens (primary N) is 2. The lowest BCUT2D eigenvalue weighted by atomic mass is 10.6. The minimum atomic E-state index is -0.490. The van der Waals surface area contributed by atoms with E-state index in [-0.39, 0.29) is 12.5 Å². The molecule has 0 bridgehead atoms. The van der Waals surface area contributed by atoms with E-state index in [9.17, 15) is 4.79 Å². The van der Waals surface area contributed by atoms with Gasteiger partial charge in [0.15, 0.2) is 4.73 Å². The molecule has 6 nitrogen and oxygen atoms in total. The van der Waals surface area contributed by atoms with Crippen LogP contribution in [-0.4, -0.2) is 20.7 Å². The van der Waals surface area contributed by atoms with E-state index in [0.717, 1.165) is 0 Å². The van der Waals surface area contributed by atoms with E-state index in [1.807, 2.05) is 0 Å². The summed E-state index contributed by atoms with van der Waals surface area (Å²) >= 11 is 3.05. The number of anilines is 1. The molecule has 1 amide bonds. The molecule has 0 fully saturated rings. The zero-order valence-corrected chi connectivity index (χ0v) is 7.08. The zero-order valence-electron chi connectivity index (χ0n) is 5.49. The standard InChI is InChI=1S/C4H6BrN5O/c5-3-8-4(7)9-10(3)1-2(6)11/h1H2,(H2,6,11)(H2,7,9). The van der Waals surface area contributed by atoms with Crippen molar-refractivity contribution in [1.82, 2.24) is 14.8 Å². The molecule has 0 saturated heterocycles. The number of primary amides is 1. The van der Waals surface area contributed by atoms with E-state index in [2.05, 4.69) is 26.0 Å². The Hall–Kier alpha value is -1.11. The first-order valence-electron chi connectivity index (χ1n) is 2.73. The van der Waals surface area contributed by atoms with Gasteiger partial charge in [-0.3, -0.25) is 4.79 Å². The molecule has 0 aliphatic rings. The molecule has 1 aromatic rings. The molecule has 0 saturated carbocycles. The van der Waals surface area contributed by atoms with Crippen LogP contribution in [0, 0.1) is 0 Å². The van der Waals surface area contributed by atoms with Crippen molar-refractivity contribution in [3.8, 4) is 0 Å². The number of carbonyl (C=O) groups excluding carboxylic acids is 1. The summed E-state index contributed by atoms with van der Waals surface area (Å²) in [6, 6.07) is 0. The number of amides is 1. The van der Waals surface area contributed by atoms with Crippen LogP contribution in [0.3, 0.4) is 0 Å². The fourth-order valence-corrected chi connectivity index (χ4v) is 0.974. The third kappa shape index (κ3) is 1.90. The highest BCUT2D eigenvalue weighted by atomic mass is 79.9. The van der Waals surface area contributed by atoms with Gasteiger partial charge in [0.2, 0.25) is 11.9 Å². The molecule has 4 N–H and O–H groups in total. The molecular formula is C4H6BrN5O. The molecule has 60 valence electrons. The number of hydrogen-bond donors (Lipinski definition) is 2. The monoisotopic (exact) mass is 219 g/mol. The van der Waals surface area contributed by atoms with Crippen LogP contribution in [0.4, 0.5) is 5.95 Å². The lowest BCUT2D eigenvalue weighted by molar-refractivity contribution is -0.118. The zero-order chi connectivity index (χ0) is 8.43. The maximum atomic E-state index is 10.4. The van der Waals surface area contributed by atoms with Crippen LogP contribution >= 0.6 is 15.9 Å². The molecule has 1 heterocycles. The second-order valence-electron chi connectivity index (χ2n) is 1.86. The predicted molar refractivity (Wildman–Crippen MR) is 41.3 cm³/mol. The lowest BCUT2D eigenvalue weighted by Gasteiger charge is -1.94. The van der Waals surface area contributed by atoms with Crippen LogP contribution in [0.1, 0.15) is 0 Å². The Labute approximate surface area is 70.7 Å². The second-order valence-corrected chi connectivity index (χ2v) is 2.57. The number of nitrogen functional groups attached to an aromatic ring is 1. The Morgan fingerprint density at radius 3 is 2.73 bits per heavy atom. The minimum absolute atomic E-state index is 0.0230. The smallest absolute Gasteiger partial charge is 0.240 e. The first-order valence-corrected chi connectivity index (χ1v) is 3.53. The Morgan fingerprint density at radius 1 is 1.73 bits per heavy atom. The van der Waals surface area contributed by atoms with Crippen molar-refractivity contribution in [2.45, 2.75) is 6.54 Å². The molecule has 1 rings (SSSR count). The van der Waals surface area contributed by atoms with Gasteiger partial charge in [-0.25, -0.2) is 4.68 Å². The first-order chi connectivity index (χ1) is 5.09. The maximum Gasteiger partial charge on any atom is 0.240 e. The third-order valence-corrected chi connectivity index (χ3v) is 1.54. The number of aromatic nitrogens is 3. The molecule has 0 unspecified atom stereocenters. The predicted octanol–water partition coefficient (Wildman–Crippen LogP) is -0.892. The number of halogens is 1. The van der Waals surface area contributed by atoms with E-state index >= 15 is 0 Å². The number of nitrogens with zero attached hydrogens (tertiary/aromatic N) is 3. The van der Waals surface area contributed by atoms with Gasteiger partial charge < -0.3 is 11.5 Å². The third-order valence-electron chi connectivity index (χ3n) is 0.949. The summed E-state index contributed by atoms with van der Waals surface area (Å²) in [5.41, 5.74) is 10.1. The van der Waals surface area contributed by atoms with Gasteiger partial charge in [0, 0.05) is 0 Å². The maximum absolute atomic E-state index is 10.4. The summed E-state index contributed by atoms with van der Waals surface area (Å²) in [7, 11) is 0. The van der Waals surface area contributed by atoms with Crippen LogP contribution in [0.5, 0.6) is 0 Å². The Balaban J connectivity index is 2.85. The van der Waals surface area contributed by atoms with Crippen molar-refractivity contribution in [3.63, 3.8) is 0 Å². The second kappa shape index (κ2) is 2.87. The van der Waals surface area contributed by atoms with E-state index in [0.29, 0.717) is 4.73 Å². The van der Waals surface area contributed by atoms with Crippen LogP contribution in [-0.2, 0) is 11.3 Å². The molecular weight excluding hydrogens is 214 g/mol. The van der Waals surface area contributed by atoms with Gasteiger partial charge in [0.25, 0.3) is 0 Å². The van der Waals surface area contributed by atoms with Crippen molar-refractivity contribution in [2.24, 2.45) is 5.73 Å². The fraction of sp³-hybridized carbons (Fsp3) is 0.250. The highest BCUT2D eigenvalue weighted by Crippen LogP contribution is 2.06. The van der Waals surface area contributed by atoms with Crippen molar-refractivity contribution in [1.29, 1.82) is 0 Å². The molecule has 0 aliphatic heterocycles. The van der Waals surface area contributed by atoms with Crippen LogP contribution in [0.25, 0.3) is 0 Å². The van der Waals surface area contributed by atoms with E-state index in [1.165, 1.54) is 4.68 Å². The summed E-state index contributed by atoms with van der Waals surface area (Å²) < 4.78 is 1.67. The van der Waals surface area contributed by atoms with Crippen molar-refractivity contribution in [2.75, 3.05) is 5.73 Å². The van der Waals surface area contributed by atoms with Crippen molar-refractivity contribution < 1.29 is 4.79 Å². The average Bonchev–Trinajstić information content (AvgIpc) is 2.09. The molecule has 0 radical (unpaired) electrons. The molecule has 1 aromatic heterocycles. The Bertz CT molecular complexity index is 282. The Morgan fingerprint density at radius 2 is 2.36 bits per heavy atom. The molecule has 7 heteroatoms. The SMILES string of the molecule is NC(=O)Cn1nc(N)nc1Br. The first kappa shape index (κ1) is 7.99. The van der Waals surface area contributed by atoms with Gasteiger partial charge in [-0.15, -0.1) is 5.10 Å². The summed E-state index contributed by atoms with van der Waals surface area (Å²) in [6.45, 7) is -0.0230. The van der Waals surface area contributed by atoms with Gasteiger partial charge in [0.05, 0.1) is 0 Å². The highest BCUT2D eigenvalue weighted by molar-refractivity contribution is 9.10. The van der Waals surface area contributed by atoms with E-state index in [1.54, 1.807) is 0 Å². The number of rotatable bonds is 2. The molecule has 0 atom stereocenters. The quantitative estimate of drug-likeness (QED) is 0.674. The molecule has 0 aromatic carbocycles. The molecule has 0 spiro atoms. The number of carbonyl (C=O) groups is 1. The topological polar surface area (TPSA) is 99.8 Å². The van der Waals surface area contributed by atoms with Crippen molar-refractivity contribution >= 4 is 27.8 Å². The van der Waals surface area contributed by atoms with Crippen molar-refractivity contribution in [3.05, 3.63) is 4.73 Å². The Kier molecular flexibility index (Phi) is 2.08. The average molecular weight is 220 g/mol. The highest BCUT2D eigenvalue weighted by Gasteiger charge is 2.05. The van der Waals surface area contributed by atoms with Crippen LogP contribution in [0.15, 0.2) is 4.73 Å². The molecule has 0 aliphatic carbocycles. The summed E-state index contributed by atoms with van der Waals surface area (Å²) in [5, 5.41) is 3.69. The van der Waals surface area contributed by atoms with Crippen LogP contribution in [0.2, 0.25) is 0 Å². The van der Waals surface area contributed by atoms with E-state index in [4.69, 9.17) is 11.5 Å². The van der Waals surface area contributed by atoms with Gasteiger partial charge in [0.1, 0.15) is 6.54 Å². The normalized spacial score (nSPS) is 9.91. The lowest BCUT2D eigenvalue weighted by Crippen LogP contribution is -2.19. The van der Waals surface area contributed by atoms with Gasteiger partial charge in [-0.2, -0.15) is 4.98 Å². The summed E-state index contributed by atoms with van der Waals surface area (Å²) in [6.07, 6.45) is 0. The largest absolute Gasteiger partial charge is 0.368 e. The van der Waals surface area contributed by atoms with Gasteiger partial charge in [-0.05, 0) is 15.9 Å². The number of hydrogen-bond acceptors (Lipinski definition) is 4. The minimum Gasteiger partial charge on any atom is -0.368 e. The van der Waals surface area contributed by atoms with E-state index < -0.39 is 5.91 Å². The van der Waals surface area contributed by atoms with Gasteiger partial charge in [-0.1, -0.05) is 0 Å². The summed E-state index contributed by atoms with van der Waals surface area (Å²) in [4.78, 5) is 14.1. The summed E-state index contributed by atoms with van der Waals surface area (Å²) in [5.74, 6) is -0.381. The van der Waals surface area contributed by atoms with Gasteiger partial charge >= 0.3 is 0 Å². The fourth-order valence-electron chi connectivity index (χ4n) is 0.588.